The van der Waals surface area contributed by atoms with E-state index in [-0.39, 0.29) is 6.10 Å². The highest BCUT2D eigenvalue weighted by Crippen LogP contribution is 2.23. The number of furan rings is 1. The third-order valence-corrected chi connectivity index (χ3v) is 4.33. The van der Waals surface area contributed by atoms with Crippen molar-refractivity contribution in [2.75, 3.05) is 19.7 Å². The van der Waals surface area contributed by atoms with Crippen LogP contribution in [0.3, 0.4) is 0 Å². The van der Waals surface area contributed by atoms with Crippen molar-refractivity contribution in [3.63, 3.8) is 0 Å². The van der Waals surface area contributed by atoms with E-state index in [1.807, 2.05) is 29.8 Å². The lowest BCUT2D eigenvalue weighted by molar-refractivity contribution is 0.0193. The molecule has 1 aliphatic rings. The molecular formula is C19H22N4O2. The zero-order chi connectivity index (χ0) is 17.1. The molecule has 0 unspecified atom stereocenters. The van der Waals surface area contributed by atoms with Crippen molar-refractivity contribution in [3.8, 4) is 11.6 Å². The summed E-state index contributed by atoms with van der Waals surface area (Å²) in [6.07, 6.45) is 0.815. The molecule has 1 saturated heterocycles. The van der Waals surface area contributed by atoms with Crippen molar-refractivity contribution in [1.29, 1.82) is 0 Å². The lowest BCUT2D eigenvalue weighted by Crippen LogP contribution is -2.35. The van der Waals surface area contributed by atoms with Crippen LogP contribution in [-0.2, 0) is 17.7 Å². The highest BCUT2D eigenvalue weighted by atomic mass is 16.5. The molecule has 1 fully saturated rings. The number of aromatic nitrogens is 3. The van der Waals surface area contributed by atoms with Crippen LogP contribution in [0.5, 0.6) is 0 Å². The Morgan fingerprint density at radius 2 is 2.08 bits per heavy atom. The first kappa shape index (κ1) is 16.1. The number of hydrogen-bond acceptors (Lipinski definition) is 5. The maximum atomic E-state index is 5.89. The van der Waals surface area contributed by atoms with E-state index >= 15 is 0 Å². The van der Waals surface area contributed by atoms with Gasteiger partial charge in [-0.1, -0.05) is 30.3 Å². The number of benzene rings is 1. The fraction of sp³-hybridized carbons (Fsp3) is 0.368. The van der Waals surface area contributed by atoms with Gasteiger partial charge in [0.1, 0.15) is 11.9 Å². The van der Waals surface area contributed by atoms with Crippen LogP contribution in [0, 0.1) is 6.92 Å². The van der Waals surface area contributed by atoms with Gasteiger partial charge in [0, 0.05) is 19.6 Å². The van der Waals surface area contributed by atoms with Gasteiger partial charge in [-0.2, -0.15) is 0 Å². The number of hydrogen-bond donors (Lipinski definition) is 1. The summed E-state index contributed by atoms with van der Waals surface area (Å²) >= 11 is 0. The quantitative estimate of drug-likeness (QED) is 0.775. The molecule has 0 aliphatic carbocycles. The fourth-order valence-electron chi connectivity index (χ4n) is 3.03. The van der Waals surface area contributed by atoms with Gasteiger partial charge in [0.15, 0.2) is 11.6 Å². The third-order valence-electron chi connectivity index (χ3n) is 4.33. The third kappa shape index (κ3) is 3.65. The topological polar surface area (TPSA) is 65.1 Å². The van der Waals surface area contributed by atoms with Crippen LogP contribution >= 0.6 is 0 Å². The van der Waals surface area contributed by atoms with Crippen LogP contribution in [-0.4, -0.2) is 34.5 Å². The summed E-state index contributed by atoms with van der Waals surface area (Å²) in [6, 6.07) is 14.3. The van der Waals surface area contributed by atoms with Crippen LogP contribution < -0.4 is 5.32 Å². The molecule has 0 bridgehead atoms. The van der Waals surface area contributed by atoms with E-state index in [9.17, 15) is 0 Å². The smallest absolute Gasteiger partial charge is 0.217 e. The second-order valence-electron chi connectivity index (χ2n) is 6.23. The monoisotopic (exact) mass is 338 g/mol. The van der Waals surface area contributed by atoms with Crippen molar-refractivity contribution in [3.05, 3.63) is 59.6 Å². The summed E-state index contributed by atoms with van der Waals surface area (Å²) in [5, 5.41) is 8.05. The molecule has 1 atom stereocenters. The molecular weight excluding hydrogens is 316 g/mol. The number of morpholine rings is 1. The molecule has 0 spiro atoms. The first-order valence-electron chi connectivity index (χ1n) is 8.67. The van der Waals surface area contributed by atoms with E-state index < -0.39 is 0 Å². The van der Waals surface area contributed by atoms with E-state index in [1.165, 1.54) is 5.56 Å². The predicted octanol–water partition coefficient (Wildman–Crippen LogP) is 2.75. The number of nitrogens with one attached hydrogen (secondary N) is 1. The van der Waals surface area contributed by atoms with Gasteiger partial charge in [0.05, 0.1) is 6.61 Å². The van der Waals surface area contributed by atoms with E-state index in [4.69, 9.17) is 14.1 Å². The van der Waals surface area contributed by atoms with E-state index in [1.54, 1.807) is 0 Å². The minimum Gasteiger partial charge on any atom is -0.458 e. The molecule has 3 heterocycles. The number of ether oxygens (including phenoxy) is 1. The summed E-state index contributed by atoms with van der Waals surface area (Å²) in [5.74, 6) is 3.02. The number of aryl methyl sites for hydroxylation is 3. The Hall–Kier alpha value is -2.44. The van der Waals surface area contributed by atoms with Crippen LogP contribution in [0.25, 0.3) is 11.6 Å². The molecule has 3 aromatic rings. The predicted molar refractivity (Wildman–Crippen MR) is 94.2 cm³/mol. The maximum absolute atomic E-state index is 5.89. The average molecular weight is 338 g/mol. The Kier molecular flexibility index (Phi) is 4.63. The lowest BCUT2D eigenvalue weighted by atomic mass is 10.1. The summed E-state index contributed by atoms with van der Waals surface area (Å²) in [6.45, 7) is 4.99. The molecule has 2 aromatic heterocycles. The Morgan fingerprint density at radius 1 is 1.20 bits per heavy atom. The largest absolute Gasteiger partial charge is 0.458 e. The van der Waals surface area contributed by atoms with Gasteiger partial charge in [0.25, 0.3) is 0 Å². The van der Waals surface area contributed by atoms with Gasteiger partial charge in [-0.3, -0.25) is 0 Å². The van der Waals surface area contributed by atoms with Gasteiger partial charge in [0.2, 0.25) is 5.82 Å². The first-order chi connectivity index (χ1) is 12.3. The summed E-state index contributed by atoms with van der Waals surface area (Å²) < 4.78 is 13.5. The van der Waals surface area contributed by atoms with Crippen molar-refractivity contribution >= 4 is 0 Å². The average Bonchev–Trinajstić information content (AvgIpc) is 3.28. The van der Waals surface area contributed by atoms with Crippen molar-refractivity contribution in [2.24, 2.45) is 0 Å². The molecule has 0 radical (unpaired) electrons. The second kappa shape index (κ2) is 7.21. The highest BCUT2D eigenvalue weighted by Gasteiger charge is 2.24. The molecule has 6 heteroatoms. The lowest BCUT2D eigenvalue weighted by Gasteiger charge is -2.23. The molecule has 25 heavy (non-hydrogen) atoms. The Bertz CT molecular complexity index is 819. The minimum absolute atomic E-state index is 0.0816. The van der Waals surface area contributed by atoms with Crippen molar-refractivity contribution in [2.45, 2.75) is 26.0 Å². The van der Waals surface area contributed by atoms with Gasteiger partial charge >= 0.3 is 0 Å². The number of nitrogens with zero attached hydrogens (tertiary/aromatic N) is 3. The second-order valence-corrected chi connectivity index (χ2v) is 6.23. The molecule has 0 amide bonds. The molecule has 1 aliphatic heterocycles. The molecule has 130 valence electrons. The fourth-order valence-corrected chi connectivity index (χ4v) is 3.03. The zero-order valence-electron chi connectivity index (χ0n) is 14.3. The summed E-state index contributed by atoms with van der Waals surface area (Å²) in [4.78, 5) is 4.72. The maximum Gasteiger partial charge on any atom is 0.217 e. The first-order valence-corrected chi connectivity index (χ1v) is 8.67. The molecule has 6 nitrogen and oxygen atoms in total. The molecule has 1 N–H and O–H groups in total. The van der Waals surface area contributed by atoms with E-state index in [0.717, 1.165) is 37.6 Å². The van der Waals surface area contributed by atoms with Gasteiger partial charge in [-0.25, -0.2) is 9.67 Å². The van der Waals surface area contributed by atoms with Crippen molar-refractivity contribution < 1.29 is 9.15 Å². The van der Waals surface area contributed by atoms with Crippen LogP contribution in [0.1, 0.15) is 23.3 Å². The van der Waals surface area contributed by atoms with Crippen LogP contribution in [0.2, 0.25) is 0 Å². The Labute approximate surface area is 146 Å². The normalized spacial score (nSPS) is 17.7. The SMILES string of the molecule is Cc1ccc(-c2nc([C@H]3CNCCO3)n(CCc3ccccc3)n2)o1. The van der Waals surface area contributed by atoms with E-state index in [0.29, 0.717) is 18.2 Å². The highest BCUT2D eigenvalue weighted by molar-refractivity contribution is 5.46. The van der Waals surface area contributed by atoms with Crippen LogP contribution in [0.4, 0.5) is 0 Å². The van der Waals surface area contributed by atoms with Gasteiger partial charge in [-0.15, -0.1) is 5.10 Å². The van der Waals surface area contributed by atoms with Gasteiger partial charge < -0.3 is 14.5 Å². The Morgan fingerprint density at radius 3 is 2.80 bits per heavy atom. The zero-order valence-corrected chi connectivity index (χ0v) is 14.3. The molecule has 4 rings (SSSR count). The summed E-state index contributed by atoms with van der Waals surface area (Å²) in [5.41, 5.74) is 1.28. The molecule has 1 aromatic carbocycles. The van der Waals surface area contributed by atoms with E-state index in [2.05, 4.69) is 34.7 Å². The Balaban J connectivity index is 1.61. The molecule has 0 saturated carbocycles. The van der Waals surface area contributed by atoms with Gasteiger partial charge in [-0.05, 0) is 31.0 Å². The summed E-state index contributed by atoms with van der Waals surface area (Å²) in [7, 11) is 0. The number of rotatable bonds is 5. The minimum atomic E-state index is -0.0816. The standard InChI is InChI=1S/C19H22N4O2/c1-14-7-8-16(25-14)18-21-19(17-13-20-10-12-24-17)23(22-18)11-9-15-5-3-2-4-6-15/h2-8,17,20H,9-13H2,1H3/t17-/m1/s1. The van der Waals surface area contributed by atoms with Crippen molar-refractivity contribution in [1.82, 2.24) is 20.1 Å². The van der Waals surface area contributed by atoms with Crippen LogP contribution in [0.15, 0.2) is 46.9 Å².